The number of rotatable bonds is 0. The van der Waals surface area contributed by atoms with Gasteiger partial charge in [0.2, 0.25) is 0 Å². The fourth-order valence-electron chi connectivity index (χ4n) is 28.7. The first-order valence-corrected chi connectivity index (χ1v) is 50.6. The Labute approximate surface area is 711 Å². The second kappa shape index (κ2) is 40.6. The summed E-state index contributed by atoms with van der Waals surface area (Å²) in [4.78, 5) is 13.4. The van der Waals surface area contributed by atoms with Gasteiger partial charge in [-0.25, -0.2) is 0 Å². The van der Waals surface area contributed by atoms with Gasteiger partial charge in [0.05, 0.1) is 0 Å². The summed E-state index contributed by atoms with van der Waals surface area (Å²) in [6.07, 6.45) is 60.0. The van der Waals surface area contributed by atoms with Crippen molar-refractivity contribution >= 4 is 0 Å². The van der Waals surface area contributed by atoms with Gasteiger partial charge in [0.15, 0.2) is 0 Å². The molecule has 5 nitrogen and oxygen atoms in total. The summed E-state index contributed by atoms with van der Waals surface area (Å²) in [7, 11) is 0. The van der Waals surface area contributed by atoms with E-state index in [0.717, 1.165) is 125 Å². The highest BCUT2D eigenvalue weighted by molar-refractivity contribution is 5.02. The van der Waals surface area contributed by atoms with E-state index in [2.05, 4.69) is 232 Å². The number of likely N-dealkylation sites (tertiary alicyclic amines) is 4. The molecule has 113 heavy (non-hydrogen) atoms. The lowest BCUT2D eigenvalue weighted by atomic mass is 9.66. The third-order valence-electron chi connectivity index (χ3n) is 34.6. The Morgan fingerprint density at radius 3 is 0.805 bits per heavy atom. The van der Waals surface area contributed by atoms with Crippen LogP contribution < -0.4 is 0 Å². The summed E-state index contributed by atoms with van der Waals surface area (Å²) in [5.41, 5.74) is 4.93. The molecule has 18 unspecified atom stereocenters. The smallest absolute Gasteiger partial charge is 0.0130 e. The van der Waals surface area contributed by atoms with Crippen molar-refractivity contribution in [2.45, 2.75) is 524 Å². The van der Waals surface area contributed by atoms with E-state index in [1.54, 1.807) is 19.3 Å². The van der Waals surface area contributed by atoms with Gasteiger partial charge < -0.3 is 0 Å². The van der Waals surface area contributed by atoms with Crippen molar-refractivity contribution < 1.29 is 0 Å². The fraction of sp³-hybridized carbons (Fsp3) is 1.00. The van der Waals surface area contributed by atoms with Crippen LogP contribution in [0, 0.1) is 128 Å². The van der Waals surface area contributed by atoms with Gasteiger partial charge in [-0.2, -0.15) is 0 Å². The quantitative estimate of drug-likeness (QED) is 0.240. The zero-order valence-corrected chi connectivity index (χ0v) is 81.9. The van der Waals surface area contributed by atoms with Crippen molar-refractivity contribution in [1.82, 2.24) is 24.5 Å². The molecule has 16 bridgehead atoms. The lowest BCUT2D eigenvalue weighted by molar-refractivity contribution is 0.0441. The molecule has 18 fully saturated rings. The van der Waals surface area contributed by atoms with E-state index in [4.69, 9.17) is 0 Å². The molecule has 0 aromatic rings. The van der Waals surface area contributed by atoms with Crippen LogP contribution in [0.25, 0.3) is 0 Å². The lowest BCUT2D eigenvalue weighted by Gasteiger charge is -2.44. The molecule has 0 spiro atoms. The Morgan fingerprint density at radius 2 is 0.540 bits per heavy atom. The maximum Gasteiger partial charge on any atom is 0.0130 e. The largest absolute Gasteiger partial charge is 0.298 e. The molecule has 12 aliphatic carbocycles. The first kappa shape index (κ1) is 98.2. The molecular formula is C108H207N5. The van der Waals surface area contributed by atoms with Crippen LogP contribution in [0.2, 0.25) is 0 Å². The van der Waals surface area contributed by atoms with Crippen LogP contribution in [0.15, 0.2) is 0 Å². The maximum absolute atomic E-state index is 2.77. The summed E-state index contributed by atoms with van der Waals surface area (Å²) < 4.78 is 0. The molecule has 12 saturated carbocycles. The third kappa shape index (κ3) is 28.9. The molecule has 18 rings (SSSR count). The van der Waals surface area contributed by atoms with E-state index in [1.165, 1.54) is 277 Å². The average Bonchev–Trinajstić information content (AvgIpc) is 1.69. The molecule has 6 heterocycles. The Kier molecular flexibility index (Phi) is 35.3. The Balaban J connectivity index is 0.000000157. The van der Waals surface area contributed by atoms with Gasteiger partial charge in [-0.1, -0.05) is 188 Å². The normalized spacial score (nSPS) is 36.8. The van der Waals surface area contributed by atoms with E-state index in [-0.39, 0.29) is 7.43 Å². The van der Waals surface area contributed by atoms with E-state index >= 15 is 0 Å². The highest BCUT2D eigenvalue weighted by atomic mass is 15.3. The minimum atomic E-state index is 0. The van der Waals surface area contributed by atoms with Gasteiger partial charge in [0, 0.05) is 78.0 Å². The topological polar surface area (TPSA) is 16.2 Å². The second-order valence-corrected chi connectivity index (χ2v) is 53.5. The predicted molar refractivity (Wildman–Crippen MR) is 500 cm³/mol. The second-order valence-electron chi connectivity index (χ2n) is 53.5. The number of hydrogen-bond acceptors (Lipinski definition) is 5. The molecular weight excluding hydrogens is 1370 g/mol. The van der Waals surface area contributed by atoms with Crippen LogP contribution in [0.3, 0.4) is 0 Å². The van der Waals surface area contributed by atoms with Crippen molar-refractivity contribution in [2.75, 3.05) is 39.3 Å². The maximum atomic E-state index is 2.77. The zero-order valence-electron chi connectivity index (χ0n) is 81.9. The van der Waals surface area contributed by atoms with Crippen LogP contribution >= 0.6 is 0 Å². The first-order valence-electron chi connectivity index (χ1n) is 50.6. The van der Waals surface area contributed by atoms with Crippen LogP contribution in [-0.4, -0.2) is 116 Å². The van der Waals surface area contributed by atoms with Crippen LogP contribution in [-0.2, 0) is 0 Å². The molecule has 18 aliphatic rings. The van der Waals surface area contributed by atoms with Gasteiger partial charge in [0.25, 0.3) is 0 Å². The van der Waals surface area contributed by atoms with Crippen LogP contribution in [0.5, 0.6) is 0 Å². The Bertz CT molecular complexity index is 2380. The standard InChI is InChI=1S/2C12H22.2C11H21N.2C11H20.2C10H19N.C10H20.C9H19N.CH4/c1-12(2,3)11-7-9-4-5-10(6-9)8-11;1-12(2,3)11-9-5-4-6-10(11)8-7-9;1-11(2,3)12-7-9-4-5-10(6-9)8-12;1-11(2,3)12-9-5-4-6-10(12)8-7-9;2*1-11(2,3)10-7-8-4-5-9(10)6-8;2*1-10(2,3)11-7-8-4-5-9(11)6-8;1-10(2,3)9-7-5-4-6-8-9;1-9(2,3)10-7-5-4-6-8-10;/h2*9-11H,4-8H2,1-3H3;2*9-10H,4-8H2,1-3H3;2*8-10H,4-7H2,1-3H3;2*8-9H,4-7H2,1-3H3;9H,4-8H2,1-3H3;4-8H2,1-3H3;1H4. The fourth-order valence-corrected chi connectivity index (χ4v) is 28.7. The molecule has 18 atom stereocenters. The molecule has 6 saturated heterocycles. The lowest BCUT2D eigenvalue weighted by Crippen LogP contribution is -2.51. The van der Waals surface area contributed by atoms with E-state index in [0.29, 0.717) is 54.8 Å². The van der Waals surface area contributed by atoms with Crippen LogP contribution in [0.1, 0.15) is 472 Å². The molecule has 5 heteroatoms. The zero-order chi connectivity index (χ0) is 82.5. The van der Waals surface area contributed by atoms with Crippen molar-refractivity contribution in [2.24, 2.45) is 128 Å². The molecule has 0 N–H and O–H groups in total. The highest BCUT2D eigenvalue weighted by Gasteiger charge is 2.50. The monoisotopic (exact) mass is 1570 g/mol. The number of fused-ring (bicyclic) bond motifs is 16. The Morgan fingerprint density at radius 1 is 0.204 bits per heavy atom. The van der Waals surface area contributed by atoms with Gasteiger partial charge >= 0.3 is 0 Å². The molecule has 0 amide bonds. The summed E-state index contributed by atoms with van der Waals surface area (Å²) in [5, 5.41) is 0. The molecule has 664 valence electrons. The van der Waals surface area contributed by atoms with Crippen molar-refractivity contribution in [3.8, 4) is 0 Å². The third-order valence-corrected chi connectivity index (χ3v) is 34.6. The van der Waals surface area contributed by atoms with Gasteiger partial charge in [-0.05, 0) is 424 Å². The van der Waals surface area contributed by atoms with Gasteiger partial charge in [-0.3, -0.25) is 24.5 Å². The van der Waals surface area contributed by atoms with E-state index in [1.807, 2.05) is 0 Å². The highest BCUT2D eigenvalue weighted by Crippen LogP contribution is 2.58. The summed E-state index contributed by atoms with van der Waals surface area (Å²) in [6.45, 7) is 79.4. The minimum Gasteiger partial charge on any atom is -0.298 e. The molecule has 0 radical (unpaired) electrons. The predicted octanol–water partition coefficient (Wildman–Crippen LogP) is 31.0. The molecule has 6 aliphatic heterocycles. The van der Waals surface area contributed by atoms with Crippen molar-refractivity contribution in [3.05, 3.63) is 0 Å². The number of nitrogens with zero attached hydrogens (tertiary/aromatic N) is 5. The average molecular weight is 1580 g/mol. The van der Waals surface area contributed by atoms with Gasteiger partial charge in [0.1, 0.15) is 0 Å². The van der Waals surface area contributed by atoms with Gasteiger partial charge in [-0.15, -0.1) is 0 Å². The first-order chi connectivity index (χ1) is 51.8. The number of hydrogen-bond donors (Lipinski definition) is 0. The molecule has 0 aromatic heterocycles. The Hall–Kier alpha value is -0.200. The van der Waals surface area contributed by atoms with Crippen molar-refractivity contribution in [1.29, 1.82) is 0 Å². The summed E-state index contributed by atoms with van der Waals surface area (Å²) in [5.74, 6) is 18.1. The minimum absolute atomic E-state index is 0. The van der Waals surface area contributed by atoms with Crippen molar-refractivity contribution in [3.63, 3.8) is 0 Å². The SMILES string of the molecule is C.CC(C)(C)C1C2CCCC1CC2.CC(C)(C)C1CC2CCC(C2)C1.CC(C)(C)C1CC2CCC1C2.CC(C)(C)C1CC2CCC1C2.CC(C)(C)C1CCCCC1.CC(C)(C)N1C2CCCC1CC2.CC(C)(C)N1CC2CCC(C2)C1.CC(C)(C)N1CC2CCC1C2.CC(C)(C)N1CC2CCC1C2.CC(C)(C)N1CCCCC1. The summed E-state index contributed by atoms with van der Waals surface area (Å²) >= 11 is 0. The summed E-state index contributed by atoms with van der Waals surface area (Å²) in [6, 6.07) is 3.70. The van der Waals surface area contributed by atoms with E-state index in [9.17, 15) is 0 Å². The number of piperidine rings is 5. The molecule has 0 aromatic carbocycles. The van der Waals surface area contributed by atoms with Crippen LogP contribution in [0.4, 0.5) is 0 Å². The van der Waals surface area contributed by atoms with E-state index < -0.39 is 0 Å².